The third-order valence-corrected chi connectivity index (χ3v) is 5.73. The lowest BCUT2D eigenvalue weighted by Gasteiger charge is -2.12. The Balaban J connectivity index is 1.66. The van der Waals surface area contributed by atoms with Crippen LogP contribution in [0.3, 0.4) is 0 Å². The second-order valence-corrected chi connectivity index (χ2v) is 7.48. The number of aromatic nitrogens is 2. The molecule has 2 heterocycles. The molecule has 1 aliphatic rings. The van der Waals surface area contributed by atoms with E-state index in [0.717, 1.165) is 32.6 Å². The number of thiophene rings is 1. The Morgan fingerprint density at radius 1 is 1.09 bits per heavy atom. The topological polar surface area (TPSA) is 35.0 Å². The normalized spacial score (nSPS) is 14.0. The zero-order valence-corrected chi connectivity index (χ0v) is 14.4. The lowest BCUT2D eigenvalue weighted by atomic mass is 9.97. The summed E-state index contributed by atoms with van der Waals surface area (Å²) in [6.07, 6.45) is 6.43. The van der Waals surface area contributed by atoms with E-state index in [9.17, 15) is 0 Å². The minimum atomic E-state index is 0.532. The summed E-state index contributed by atoms with van der Waals surface area (Å²) in [7, 11) is 0. The van der Waals surface area contributed by atoms with Crippen molar-refractivity contribution in [3.05, 3.63) is 51.1 Å². The SMILES string of the molecule is Brc1ccc(COc2ncnc3sc4c(c23)CCCC4)cc1. The van der Waals surface area contributed by atoms with Gasteiger partial charge in [-0.05, 0) is 48.9 Å². The molecule has 0 saturated carbocycles. The van der Waals surface area contributed by atoms with Gasteiger partial charge in [-0.1, -0.05) is 28.1 Å². The van der Waals surface area contributed by atoms with Crippen molar-refractivity contribution >= 4 is 37.5 Å². The van der Waals surface area contributed by atoms with E-state index >= 15 is 0 Å². The fourth-order valence-electron chi connectivity index (χ4n) is 2.90. The van der Waals surface area contributed by atoms with Gasteiger partial charge in [0.2, 0.25) is 5.88 Å². The maximum Gasteiger partial charge on any atom is 0.225 e. The first-order valence-electron chi connectivity index (χ1n) is 7.44. The highest BCUT2D eigenvalue weighted by atomic mass is 79.9. The van der Waals surface area contributed by atoms with Crippen LogP contribution in [0.5, 0.6) is 5.88 Å². The van der Waals surface area contributed by atoms with Crippen LogP contribution < -0.4 is 4.74 Å². The highest BCUT2D eigenvalue weighted by molar-refractivity contribution is 9.10. The number of ether oxygens (including phenoxy) is 1. The summed E-state index contributed by atoms with van der Waals surface area (Å²) in [5, 5.41) is 1.14. The molecule has 112 valence electrons. The predicted molar refractivity (Wildman–Crippen MR) is 92.5 cm³/mol. The van der Waals surface area contributed by atoms with E-state index < -0.39 is 0 Å². The zero-order valence-electron chi connectivity index (χ0n) is 12.0. The van der Waals surface area contributed by atoms with Gasteiger partial charge < -0.3 is 4.74 Å². The van der Waals surface area contributed by atoms with Gasteiger partial charge >= 0.3 is 0 Å². The van der Waals surface area contributed by atoms with Gasteiger partial charge in [0.15, 0.2) is 0 Å². The average molecular weight is 375 g/mol. The van der Waals surface area contributed by atoms with Crippen LogP contribution >= 0.6 is 27.3 Å². The number of hydrogen-bond acceptors (Lipinski definition) is 4. The van der Waals surface area contributed by atoms with E-state index in [4.69, 9.17) is 4.74 Å². The van der Waals surface area contributed by atoms with Crippen LogP contribution in [0, 0.1) is 0 Å². The first kappa shape index (κ1) is 14.2. The largest absolute Gasteiger partial charge is 0.472 e. The molecule has 22 heavy (non-hydrogen) atoms. The Morgan fingerprint density at radius 2 is 1.91 bits per heavy atom. The third kappa shape index (κ3) is 2.63. The van der Waals surface area contributed by atoms with Gasteiger partial charge in [-0.15, -0.1) is 11.3 Å². The van der Waals surface area contributed by atoms with Crippen LogP contribution in [0.1, 0.15) is 28.8 Å². The average Bonchev–Trinajstić information content (AvgIpc) is 2.93. The van der Waals surface area contributed by atoms with Gasteiger partial charge in [-0.2, -0.15) is 0 Å². The molecule has 2 aromatic heterocycles. The number of halogens is 1. The molecule has 5 heteroatoms. The van der Waals surface area contributed by atoms with Crippen molar-refractivity contribution in [3.63, 3.8) is 0 Å². The summed E-state index contributed by atoms with van der Waals surface area (Å²) in [4.78, 5) is 11.3. The smallest absolute Gasteiger partial charge is 0.225 e. The standard InChI is InChI=1S/C17H15BrN2OS/c18-12-7-5-11(6-8-12)9-21-16-15-13-3-1-2-4-14(13)22-17(15)20-10-19-16/h5-8,10H,1-4,9H2. The Morgan fingerprint density at radius 3 is 2.77 bits per heavy atom. The van der Waals surface area contributed by atoms with Gasteiger partial charge in [-0.25, -0.2) is 9.97 Å². The second kappa shape index (κ2) is 5.97. The molecule has 4 rings (SSSR count). The minimum Gasteiger partial charge on any atom is -0.472 e. The maximum atomic E-state index is 6.01. The molecular weight excluding hydrogens is 360 g/mol. The molecule has 0 N–H and O–H groups in total. The van der Waals surface area contributed by atoms with Crippen LogP contribution in [0.25, 0.3) is 10.2 Å². The van der Waals surface area contributed by atoms with E-state index in [1.807, 2.05) is 12.1 Å². The first-order valence-corrected chi connectivity index (χ1v) is 9.05. The van der Waals surface area contributed by atoms with Crippen LogP contribution in [0.15, 0.2) is 35.1 Å². The van der Waals surface area contributed by atoms with Crippen molar-refractivity contribution in [2.75, 3.05) is 0 Å². The lowest BCUT2D eigenvalue weighted by molar-refractivity contribution is 0.297. The van der Waals surface area contributed by atoms with E-state index in [1.165, 1.54) is 29.7 Å². The fourth-order valence-corrected chi connectivity index (χ4v) is 4.39. The number of aryl methyl sites for hydroxylation is 2. The van der Waals surface area contributed by atoms with E-state index in [1.54, 1.807) is 17.7 Å². The first-order chi connectivity index (χ1) is 10.8. The van der Waals surface area contributed by atoms with Crippen LogP contribution in [0.4, 0.5) is 0 Å². The van der Waals surface area contributed by atoms with E-state index in [0.29, 0.717) is 6.61 Å². The Hall–Kier alpha value is -1.46. The van der Waals surface area contributed by atoms with Crippen molar-refractivity contribution in [2.45, 2.75) is 32.3 Å². The van der Waals surface area contributed by atoms with E-state index in [-0.39, 0.29) is 0 Å². The molecule has 0 radical (unpaired) electrons. The van der Waals surface area contributed by atoms with Crippen LogP contribution in [-0.2, 0) is 19.4 Å². The quantitative estimate of drug-likeness (QED) is 0.652. The Bertz CT molecular complexity index is 813. The minimum absolute atomic E-state index is 0.532. The molecule has 0 aliphatic heterocycles. The number of fused-ring (bicyclic) bond motifs is 3. The van der Waals surface area contributed by atoms with Crippen LogP contribution in [-0.4, -0.2) is 9.97 Å². The summed E-state index contributed by atoms with van der Waals surface area (Å²) in [5.41, 5.74) is 2.55. The molecule has 1 aromatic carbocycles. The lowest BCUT2D eigenvalue weighted by Crippen LogP contribution is -2.01. The molecule has 0 saturated heterocycles. The summed E-state index contributed by atoms with van der Waals surface area (Å²) in [5.74, 6) is 0.729. The van der Waals surface area contributed by atoms with E-state index in [2.05, 4.69) is 38.0 Å². The third-order valence-electron chi connectivity index (χ3n) is 4.01. The van der Waals surface area contributed by atoms with Gasteiger partial charge in [0.05, 0.1) is 5.39 Å². The van der Waals surface area contributed by atoms with Crippen molar-refractivity contribution in [1.29, 1.82) is 0 Å². The van der Waals surface area contributed by atoms with Crippen LogP contribution in [0.2, 0.25) is 0 Å². The molecule has 3 nitrogen and oxygen atoms in total. The Kier molecular flexibility index (Phi) is 3.84. The van der Waals surface area contributed by atoms with Crippen molar-refractivity contribution in [3.8, 4) is 5.88 Å². The molecule has 0 spiro atoms. The summed E-state index contributed by atoms with van der Waals surface area (Å²) in [6, 6.07) is 8.18. The number of nitrogens with zero attached hydrogens (tertiary/aromatic N) is 2. The molecule has 0 unspecified atom stereocenters. The number of benzene rings is 1. The van der Waals surface area contributed by atoms with Crippen molar-refractivity contribution < 1.29 is 4.74 Å². The predicted octanol–water partition coefficient (Wildman–Crippen LogP) is 4.91. The van der Waals surface area contributed by atoms with Gasteiger partial charge in [0.1, 0.15) is 17.8 Å². The molecule has 3 aromatic rings. The Labute approximate surface area is 141 Å². The molecular formula is C17H15BrN2OS. The number of rotatable bonds is 3. The monoisotopic (exact) mass is 374 g/mol. The van der Waals surface area contributed by atoms with Gasteiger partial charge in [0, 0.05) is 9.35 Å². The molecule has 0 fully saturated rings. The second-order valence-electron chi connectivity index (χ2n) is 5.49. The van der Waals surface area contributed by atoms with Crippen molar-refractivity contribution in [1.82, 2.24) is 9.97 Å². The maximum absolute atomic E-state index is 6.01. The van der Waals surface area contributed by atoms with Gasteiger partial charge in [0.25, 0.3) is 0 Å². The number of hydrogen-bond donors (Lipinski definition) is 0. The summed E-state index contributed by atoms with van der Waals surface area (Å²) in [6.45, 7) is 0.532. The molecule has 0 bridgehead atoms. The fraction of sp³-hybridized carbons (Fsp3) is 0.294. The molecule has 0 atom stereocenters. The molecule has 0 amide bonds. The van der Waals surface area contributed by atoms with Gasteiger partial charge in [-0.3, -0.25) is 0 Å². The zero-order chi connectivity index (χ0) is 14.9. The molecule has 1 aliphatic carbocycles. The highest BCUT2D eigenvalue weighted by Crippen LogP contribution is 2.39. The highest BCUT2D eigenvalue weighted by Gasteiger charge is 2.20. The summed E-state index contributed by atoms with van der Waals surface area (Å²) < 4.78 is 7.09. The van der Waals surface area contributed by atoms with Crippen molar-refractivity contribution in [2.24, 2.45) is 0 Å². The summed E-state index contributed by atoms with van der Waals surface area (Å²) >= 11 is 5.25.